The van der Waals surface area contributed by atoms with Gasteiger partial charge in [-0.2, -0.15) is 0 Å². The summed E-state index contributed by atoms with van der Waals surface area (Å²) in [5.41, 5.74) is 0. The summed E-state index contributed by atoms with van der Waals surface area (Å²) >= 11 is 0. The molecular weight excluding hydrogens is 178 g/mol. The number of esters is 1. The smallest absolute Gasteiger partial charge is 0.323 e. The molecule has 3 saturated heterocycles. The Kier molecular flexibility index (Phi) is 3.06. The highest BCUT2D eigenvalue weighted by Gasteiger charge is 2.40. The Morgan fingerprint density at radius 1 is 1.43 bits per heavy atom. The Labute approximate surface area is 85.4 Å². The molecule has 80 valence electrons. The summed E-state index contributed by atoms with van der Waals surface area (Å²) < 4.78 is 5.24. The number of hydrogen-bond donors (Lipinski definition) is 0. The largest absolute Gasteiger partial charge is 0.460 e. The van der Waals surface area contributed by atoms with Crippen LogP contribution in [0.25, 0.3) is 0 Å². The molecule has 0 radical (unpaired) electrons. The predicted octanol–water partition coefficient (Wildman–Crippen LogP) is 1.57. The molecule has 0 amide bonds. The summed E-state index contributed by atoms with van der Waals surface area (Å²) in [7, 11) is 0. The second-order valence-electron chi connectivity index (χ2n) is 4.35. The molecule has 3 fully saturated rings. The van der Waals surface area contributed by atoms with Crippen molar-refractivity contribution in [3.63, 3.8) is 0 Å². The topological polar surface area (TPSA) is 29.5 Å². The number of piperidine rings is 1. The van der Waals surface area contributed by atoms with E-state index in [9.17, 15) is 4.79 Å². The fourth-order valence-electron chi connectivity index (χ4n) is 2.42. The molecule has 3 nitrogen and oxygen atoms in total. The Balaban J connectivity index is 1.84. The molecule has 3 aliphatic rings. The number of carbonyl (C=O) groups is 1. The van der Waals surface area contributed by atoms with Gasteiger partial charge in [0.05, 0.1) is 0 Å². The molecule has 0 N–H and O–H groups in total. The number of carbonyl (C=O) groups excluding carboxylic acids is 1. The van der Waals surface area contributed by atoms with Crippen molar-refractivity contribution < 1.29 is 9.53 Å². The van der Waals surface area contributed by atoms with E-state index in [2.05, 4.69) is 11.8 Å². The zero-order valence-corrected chi connectivity index (χ0v) is 8.87. The van der Waals surface area contributed by atoms with E-state index in [0.717, 1.165) is 25.9 Å². The molecule has 0 aromatic heterocycles. The normalized spacial score (nSPS) is 31.9. The fourth-order valence-corrected chi connectivity index (χ4v) is 2.42. The average Bonchev–Trinajstić information content (AvgIpc) is 2.18. The molecule has 2 unspecified atom stereocenters. The first kappa shape index (κ1) is 9.97. The molecule has 3 heteroatoms. The van der Waals surface area contributed by atoms with Crippen molar-refractivity contribution in [2.45, 2.75) is 51.2 Å². The van der Waals surface area contributed by atoms with Gasteiger partial charge in [-0.15, -0.1) is 0 Å². The summed E-state index contributed by atoms with van der Waals surface area (Å²) in [5, 5.41) is 0. The molecule has 3 heterocycles. The molecule has 3 aliphatic heterocycles. The van der Waals surface area contributed by atoms with Gasteiger partial charge < -0.3 is 4.74 Å². The maximum absolute atomic E-state index is 11.4. The highest BCUT2D eigenvalue weighted by Crippen LogP contribution is 2.27. The quantitative estimate of drug-likeness (QED) is 0.506. The lowest BCUT2D eigenvalue weighted by Crippen LogP contribution is -2.57. The van der Waals surface area contributed by atoms with Crippen molar-refractivity contribution in [2.24, 2.45) is 0 Å². The molecule has 0 aromatic carbocycles. The molecule has 0 spiro atoms. The van der Waals surface area contributed by atoms with Gasteiger partial charge in [0, 0.05) is 6.54 Å². The van der Waals surface area contributed by atoms with E-state index in [0.29, 0.717) is 0 Å². The number of unbranched alkanes of at least 4 members (excludes halogenated alkanes) is 2. The molecular formula is C11H19NO2. The number of rotatable bonds is 4. The lowest BCUT2D eigenvalue weighted by Gasteiger charge is -2.43. The van der Waals surface area contributed by atoms with Crippen LogP contribution in [0.1, 0.15) is 39.0 Å². The summed E-state index contributed by atoms with van der Waals surface area (Å²) in [6, 6.07) is 0.0804. The number of fused-ring (bicyclic) bond motifs is 3. The molecule has 0 aromatic rings. The summed E-state index contributed by atoms with van der Waals surface area (Å²) in [4.78, 5) is 13.8. The summed E-state index contributed by atoms with van der Waals surface area (Å²) in [6.07, 6.45) is 5.99. The number of ether oxygens (including phenoxy) is 1. The number of hydrogen-bond acceptors (Lipinski definition) is 3. The van der Waals surface area contributed by atoms with Gasteiger partial charge in [0.2, 0.25) is 0 Å². The van der Waals surface area contributed by atoms with Crippen LogP contribution < -0.4 is 0 Å². The van der Waals surface area contributed by atoms with E-state index in [-0.39, 0.29) is 18.1 Å². The van der Waals surface area contributed by atoms with Crippen LogP contribution in [0, 0.1) is 0 Å². The van der Waals surface area contributed by atoms with Gasteiger partial charge in [-0.3, -0.25) is 9.69 Å². The Bertz CT molecular complexity index is 217. The molecule has 2 atom stereocenters. The molecule has 14 heavy (non-hydrogen) atoms. The van der Waals surface area contributed by atoms with Crippen molar-refractivity contribution in [2.75, 3.05) is 13.1 Å². The van der Waals surface area contributed by atoms with E-state index in [1.165, 1.54) is 19.3 Å². The summed E-state index contributed by atoms with van der Waals surface area (Å²) in [5.74, 6) is 0.0176. The molecule has 3 rings (SSSR count). The second kappa shape index (κ2) is 4.30. The van der Waals surface area contributed by atoms with Crippen LogP contribution >= 0.6 is 0 Å². The van der Waals surface area contributed by atoms with Gasteiger partial charge in [0.25, 0.3) is 0 Å². The van der Waals surface area contributed by atoms with Crippen LogP contribution in [-0.2, 0) is 9.53 Å². The third-order valence-electron chi connectivity index (χ3n) is 3.24. The molecule has 0 aliphatic carbocycles. The van der Waals surface area contributed by atoms with E-state index < -0.39 is 0 Å². The zero-order valence-electron chi connectivity index (χ0n) is 8.87. The summed E-state index contributed by atoms with van der Waals surface area (Å²) in [6.45, 7) is 4.25. The first-order valence-corrected chi connectivity index (χ1v) is 5.76. The number of nitrogens with zero attached hydrogens (tertiary/aromatic N) is 1. The van der Waals surface area contributed by atoms with Crippen LogP contribution in [0.3, 0.4) is 0 Å². The Morgan fingerprint density at radius 3 is 2.93 bits per heavy atom. The third kappa shape index (κ3) is 1.92. The lowest BCUT2D eigenvalue weighted by molar-refractivity contribution is -0.176. The van der Waals surface area contributed by atoms with Gasteiger partial charge in [-0.25, -0.2) is 0 Å². The van der Waals surface area contributed by atoms with E-state index >= 15 is 0 Å². The third-order valence-corrected chi connectivity index (χ3v) is 3.24. The van der Waals surface area contributed by atoms with E-state index in [4.69, 9.17) is 4.74 Å². The minimum atomic E-state index is 0.0176. The Morgan fingerprint density at radius 2 is 2.29 bits per heavy atom. The molecule has 0 saturated carbocycles. The van der Waals surface area contributed by atoms with Gasteiger partial charge >= 0.3 is 5.97 Å². The van der Waals surface area contributed by atoms with Gasteiger partial charge in [-0.05, 0) is 25.8 Å². The van der Waals surface area contributed by atoms with E-state index in [1.807, 2.05) is 0 Å². The van der Waals surface area contributed by atoms with Crippen molar-refractivity contribution in [3.8, 4) is 0 Å². The van der Waals surface area contributed by atoms with Crippen molar-refractivity contribution in [1.29, 1.82) is 0 Å². The van der Waals surface area contributed by atoms with Crippen LogP contribution in [-0.4, -0.2) is 36.1 Å². The van der Waals surface area contributed by atoms with E-state index in [1.54, 1.807) is 0 Å². The lowest BCUT2D eigenvalue weighted by atomic mass is 9.96. The van der Waals surface area contributed by atoms with Crippen molar-refractivity contribution >= 4 is 5.97 Å². The highest BCUT2D eigenvalue weighted by atomic mass is 16.6. The minimum absolute atomic E-state index is 0.0176. The van der Waals surface area contributed by atoms with Crippen molar-refractivity contribution in [1.82, 2.24) is 4.90 Å². The maximum atomic E-state index is 11.4. The first-order valence-electron chi connectivity index (χ1n) is 5.76. The first-order chi connectivity index (χ1) is 6.81. The van der Waals surface area contributed by atoms with Crippen LogP contribution in [0.2, 0.25) is 0 Å². The van der Waals surface area contributed by atoms with Crippen LogP contribution in [0.5, 0.6) is 0 Å². The second-order valence-corrected chi connectivity index (χ2v) is 4.35. The van der Waals surface area contributed by atoms with Crippen LogP contribution in [0.4, 0.5) is 0 Å². The minimum Gasteiger partial charge on any atom is -0.460 e. The van der Waals surface area contributed by atoms with Gasteiger partial charge in [0.15, 0.2) is 0 Å². The highest BCUT2D eigenvalue weighted by molar-refractivity contribution is 5.77. The van der Waals surface area contributed by atoms with Gasteiger partial charge in [0.1, 0.15) is 12.1 Å². The Hall–Kier alpha value is -0.570. The van der Waals surface area contributed by atoms with Gasteiger partial charge in [-0.1, -0.05) is 19.8 Å². The fraction of sp³-hybridized carbons (Fsp3) is 0.909. The predicted molar refractivity (Wildman–Crippen MR) is 54.0 cm³/mol. The number of morpholine rings is 1. The standard InChI is InChI=1S/C11H19NO2/c1-2-3-4-7-12-8-9-5-6-10(12)11(13)14-9/h9-10H,2-8H2,1H3. The zero-order chi connectivity index (χ0) is 9.97. The monoisotopic (exact) mass is 197 g/mol. The SMILES string of the molecule is CCCCCN1CC2CCC1C(=O)O2. The van der Waals surface area contributed by atoms with Crippen LogP contribution in [0.15, 0.2) is 0 Å². The van der Waals surface area contributed by atoms with Crippen molar-refractivity contribution in [3.05, 3.63) is 0 Å². The maximum Gasteiger partial charge on any atom is 0.323 e. The molecule has 2 bridgehead atoms. The average molecular weight is 197 g/mol.